The number of hydrogen-bond acceptors (Lipinski definition) is 3. The molecule has 2 rings (SSSR count). The summed E-state index contributed by atoms with van der Waals surface area (Å²) in [6.45, 7) is 2.81. The van der Waals surface area contributed by atoms with Crippen LogP contribution in [-0.4, -0.2) is 12.5 Å². The van der Waals surface area contributed by atoms with Gasteiger partial charge >= 0.3 is 0 Å². The normalized spacial score (nSPS) is 10.9. The van der Waals surface area contributed by atoms with Crippen molar-refractivity contribution in [3.05, 3.63) is 69.2 Å². The number of hydrogen-bond donors (Lipinski definition) is 1. The maximum Gasteiger partial charge on any atom is 0.261 e. The van der Waals surface area contributed by atoms with Crippen molar-refractivity contribution in [3.8, 4) is 11.8 Å². The largest absolute Gasteiger partial charge is 0.489 e. The lowest BCUT2D eigenvalue weighted by molar-refractivity contribution is -0.117. The Morgan fingerprint density at radius 2 is 2.04 bits per heavy atom. The van der Waals surface area contributed by atoms with Gasteiger partial charge in [0, 0.05) is 6.54 Å². The Morgan fingerprint density at radius 1 is 1.23 bits per heavy atom. The fourth-order valence-electron chi connectivity index (χ4n) is 2.14. The number of nitriles is 1. The second-order valence-corrected chi connectivity index (χ2v) is 6.35. The smallest absolute Gasteiger partial charge is 0.261 e. The summed E-state index contributed by atoms with van der Waals surface area (Å²) >= 11 is 11.9. The van der Waals surface area contributed by atoms with Gasteiger partial charge in [-0.2, -0.15) is 5.26 Å². The molecule has 4 nitrogen and oxygen atoms in total. The average molecular weight is 389 g/mol. The van der Waals surface area contributed by atoms with Crippen LogP contribution >= 0.6 is 23.2 Å². The monoisotopic (exact) mass is 388 g/mol. The molecule has 0 radical (unpaired) electrons. The molecule has 0 spiro atoms. The number of nitrogens with one attached hydrogen (secondary N) is 1. The number of ether oxygens (including phenoxy) is 1. The number of benzene rings is 2. The van der Waals surface area contributed by atoms with Crippen molar-refractivity contribution in [1.29, 1.82) is 5.26 Å². The Hall–Kier alpha value is -2.48. The summed E-state index contributed by atoms with van der Waals surface area (Å²) in [5.74, 6) is 0.243. The molecule has 6 heteroatoms. The SMILES string of the molecule is CCCNC(=O)/C(C#N)=C/c1cccc(OCc2ccc(Cl)c(Cl)c2)c1. The fraction of sp³-hybridized carbons (Fsp3) is 0.200. The minimum absolute atomic E-state index is 0.0556. The van der Waals surface area contributed by atoms with E-state index in [2.05, 4.69) is 5.32 Å². The molecule has 0 bridgehead atoms. The first-order valence-electron chi connectivity index (χ1n) is 8.10. The Kier molecular flexibility index (Phi) is 7.53. The molecule has 26 heavy (non-hydrogen) atoms. The fourth-order valence-corrected chi connectivity index (χ4v) is 2.46. The molecule has 1 N–H and O–H groups in total. The van der Waals surface area contributed by atoms with Crippen molar-refractivity contribution in [2.45, 2.75) is 20.0 Å². The van der Waals surface area contributed by atoms with Gasteiger partial charge in [0.05, 0.1) is 10.0 Å². The predicted octanol–water partition coefficient (Wildman–Crippen LogP) is 5.01. The Morgan fingerprint density at radius 3 is 2.73 bits per heavy atom. The topological polar surface area (TPSA) is 62.1 Å². The second kappa shape index (κ2) is 9.86. The molecule has 0 aromatic heterocycles. The van der Waals surface area contributed by atoms with Crippen LogP contribution < -0.4 is 10.1 Å². The Labute approximate surface area is 163 Å². The number of rotatable bonds is 7. The van der Waals surface area contributed by atoms with Gasteiger partial charge in [0.25, 0.3) is 5.91 Å². The lowest BCUT2D eigenvalue weighted by Gasteiger charge is -2.08. The average Bonchev–Trinajstić information content (AvgIpc) is 2.65. The lowest BCUT2D eigenvalue weighted by atomic mass is 10.1. The predicted molar refractivity (Wildman–Crippen MR) is 104 cm³/mol. The van der Waals surface area contributed by atoms with E-state index in [1.54, 1.807) is 36.4 Å². The number of carbonyl (C=O) groups is 1. The minimum atomic E-state index is -0.378. The summed E-state index contributed by atoms with van der Waals surface area (Å²) in [6, 6.07) is 14.4. The molecule has 0 heterocycles. The van der Waals surface area contributed by atoms with Gasteiger partial charge in [-0.3, -0.25) is 4.79 Å². The van der Waals surface area contributed by atoms with E-state index in [-0.39, 0.29) is 11.5 Å². The van der Waals surface area contributed by atoms with E-state index in [1.807, 2.05) is 19.1 Å². The summed E-state index contributed by atoms with van der Waals surface area (Å²) in [4.78, 5) is 11.9. The summed E-state index contributed by atoms with van der Waals surface area (Å²) in [5.41, 5.74) is 1.65. The molecule has 0 aliphatic rings. The number of nitrogens with zero attached hydrogens (tertiary/aromatic N) is 1. The third-order valence-corrected chi connectivity index (χ3v) is 4.20. The molecule has 0 fully saturated rings. The molecule has 0 aliphatic heterocycles. The lowest BCUT2D eigenvalue weighted by Crippen LogP contribution is -2.25. The van der Waals surface area contributed by atoms with Gasteiger partial charge in [-0.05, 0) is 47.9 Å². The zero-order chi connectivity index (χ0) is 18.9. The van der Waals surface area contributed by atoms with Gasteiger partial charge < -0.3 is 10.1 Å². The molecular weight excluding hydrogens is 371 g/mol. The highest BCUT2D eigenvalue weighted by molar-refractivity contribution is 6.42. The van der Waals surface area contributed by atoms with E-state index < -0.39 is 0 Å². The molecule has 0 atom stereocenters. The van der Waals surface area contributed by atoms with E-state index >= 15 is 0 Å². The van der Waals surface area contributed by atoms with Gasteiger partial charge in [-0.1, -0.05) is 48.3 Å². The van der Waals surface area contributed by atoms with Crippen molar-refractivity contribution < 1.29 is 9.53 Å². The molecule has 0 saturated heterocycles. The van der Waals surface area contributed by atoms with Crippen LogP contribution in [0.4, 0.5) is 0 Å². The summed E-state index contributed by atoms with van der Waals surface area (Å²) < 4.78 is 5.75. The van der Waals surface area contributed by atoms with E-state index in [0.29, 0.717) is 34.5 Å². The van der Waals surface area contributed by atoms with Gasteiger partial charge in [-0.15, -0.1) is 0 Å². The van der Waals surface area contributed by atoms with Crippen LogP contribution in [0, 0.1) is 11.3 Å². The number of halogens is 2. The molecule has 2 aromatic rings. The molecule has 0 saturated carbocycles. The number of carbonyl (C=O) groups excluding carboxylic acids is 1. The highest BCUT2D eigenvalue weighted by Gasteiger charge is 2.08. The molecule has 1 amide bonds. The van der Waals surface area contributed by atoms with Crippen molar-refractivity contribution >= 4 is 35.2 Å². The van der Waals surface area contributed by atoms with Crippen molar-refractivity contribution in [2.75, 3.05) is 6.54 Å². The van der Waals surface area contributed by atoms with Crippen molar-refractivity contribution in [2.24, 2.45) is 0 Å². The van der Waals surface area contributed by atoms with E-state index in [0.717, 1.165) is 12.0 Å². The molecular formula is C20H18Cl2N2O2. The van der Waals surface area contributed by atoms with E-state index in [1.165, 1.54) is 6.08 Å². The van der Waals surface area contributed by atoms with Crippen LogP contribution in [0.25, 0.3) is 6.08 Å². The van der Waals surface area contributed by atoms with Gasteiger partial charge in [0.2, 0.25) is 0 Å². The quantitative estimate of drug-likeness (QED) is 0.535. The van der Waals surface area contributed by atoms with E-state index in [9.17, 15) is 10.1 Å². The van der Waals surface area contributed by atoms with Gasteiger partial charge in [0.15, 0.2) is 0 Å². The standard InChI is InChI=1S/C20H18Cl2N2O2/c1-2-8-24-20(25)16(12-23)9-14-4-3-5-17(10-14)26-13-15-6-7-18(21)19(22)11-15/h3-7,9-11H,2,8,13H2,1H3,(H,24,25)/b16-9+. The first kappa shape index (κ1) is 19.8. The van der Waals surface area contributed by atoms with E-state index in [4.69, 9.17) is 27.9 Å². The summed E-state index contributed by atoms with van der Waals surface area (Å²) in [6.07, 6.45) is 2.35. The highest BCUT2D eigenvalue weighted by atomic mass is 35.5. The maximum atomic E-state index is 11.9. The number of amides is 1. The minimum Gasteiger partial charge on any atom is -0.489 e. The van der Waals surface area contributed by atoms with Gasteiger partial charge in [-0.25, -0.2) is 0 Å². The van der Waals surface area contributed by atoms with Crippen molar-refractivity contribution in [1.82, 2.24) is 5.32 Å². The second-order valence-electron chi connectivity index (χ2n) is 5.54. The van der Waals surface area contributed by atoms with Crippen LogP contribution in [0.15, 0.2) is 48.0 Å². The first-order valence-corrected chi connectivity index (χ1v) is 8.86. The third kappa shape index (κ3) is 5.80. The van der Waals surface area contributed by atoms with Crippen LogP contribution in [0.3, 0.4) is 0 Å². The molecule has 134 valence electrons. The van der Waals surface area contributed by atoms with Crippen LogP contribution in [0.1, 0.15) is 24.5 Å². The van der Waals surface area contributed by atoms with Crippen molar-refractivity contribution in [3.63, 3.8) is 0 Å². The first-order chi connectivity index (χ1) is 12.5. The Balaban J connectivity index is 2.09. The van der Waals surface area contributed by atoms with Crippen LogP contribution in [0.2, 0.25) is 10.0 Å². The van der Waals surface area contributed by atoms with Crippen LogP contribution in [-0.2, 0) is 11.4 Å². The zero-order valence-corrected chi connectivity index (χ0v) is 15.8. The van der Waals surface area contributed by atoms with Crippen LogP contribution in [0.5, 0.6) is 5.75 Å². The highest BCUT2D eigenvalue weighted by Crippen LogP contribution is 2.24. The zero-order valence-electron chi connectivity index (χ0n) is 14.3. The van der Waals surface area contributed by atoms with Gasteiger partial charge in [0.1, 0.15) is 24.0 Å². The molecule has 2 aromatic carbocycles. The molecule has 0 unspecified atom stereocenters. The summed E-state index contributed by atoms with van der Waals surface area (Å²) in [5, 5.41) is 12.9. The maximum absolute atomic E-state index is 11.9. The molecule has 0 aliphatic carbocycles. The summed E-state index contributed by atoms with van der Waals surface area (Å²) in [7, 11) is 0. The third-order valence-electron chi connectivity index (χ3n) is 3.46. The Bertz CT molecular complexity index is 857.